The molecule has 0 amide bonds. The largest absolute Gasteiger partial charge is 0.324 e. The summed E-state index contributed by atoms with van der Waals surface area (Å²) in [5.41, 5.74) is 7.11. The summed E-state index contributed by atoms with van der Waals surface area (Å²) in [7, 11) is 0. The smallest absolute Gasteiger partial charge is 0.146 e. The summed E-state index contributed by atoms with van der Waals surface area (Å²) >= 11 is 12.1. The van der Waals surface area contributed by atoms with Gasteiger partial charge in [-0.25, -0.2) is 4.39 Å². The molecule has 1 atom stereocenters. The van der Waals surface area contributed by atoms with Gasteiger partial charge in [0.1, 0.15) is 5.82 Å². The Kier molecular flexibility index (Phi) is 4.17. The lowest BCUT2D eigenvalue weighted by Gasteiger charge is -2.14. The highest BCUT2D eigenvalue weighted by Crippen LogP contribution is 2.28. The summed E-state index contributed by atoms with van der Waals surface area (Å²) in [6.07, 6.45) is 3.02. The Bertz CT molecular complexity index is 540. The molecule has 2 N–H and O–H groups in total. The third-order valence-corrected chi connectivity index (χ3v) is 3.40. The first kappa shape index (κ1) is 13.3. The van der Waals surface area contributed by atoms with E-state index >= 15 is 0 Å². The number of nitrogens with two attached hydrogens (primary N) is 1. The van der Waals surface area contributed by atoms with Gasteiger partial charge in [0, 0.05) is 27.8 Å². The van der Waals surface area contributed by atoms with Crippen LogP contribution in [0.5, 0.6) is 0 Å². The van der Waals surface area contributed by atoms with E-state index in [0.29, 0.717) is 22.0 Å². The molecule has 0 spiro atoms. The number of aromatic nitrogens is 1. The number of rotatable bonds is 3. The maximum absolute atomic E-state index is 13.5. The zero-order valence-electron chi connectivity index (χ0n) is 9.41. The number of hydrogen-bond acceptors (Lipinski definition) is 2. The Morgan fingerprint density at radius 2 is 1.89 bits per heavy atom. The van der Waals surface area contributed by atoms with Gasteiger partial charge in [0.25, 0.3) is 0 Å². The molecule has 2 rings (SSSR count). The van der Waals surface area contributed by atoms with Crippen molar-refractivity contribution < 1.29 is 4.39 Å². The van der Waals surface area contributed by atoms with Gasteiger partial charge in [-0.05, 0) is 30.2 Å². The SMILES string of the molecule is NC(Cc1c(Cl)cccc1Cl)c1ccncc1F. The van der Waals surface area contributed by atoms with E-state index < -0.39 is 11.9 Å². The molecule has 0 radical (unpaired) electrons. The van der Waals surface area contributed by atoms with Crippen molar-refractivity contribution in [2.24, 2.45) is 5.73 Å². The zero-order valence-corrected chi connectivity index (χ0v) is 10.9. The van der Waals surface area contributed by atoms with Crippen LogP contribution in [-0.2, 0) is 6.42 Å². The van der Waals surface area contributed by atoms with Crippen molar-refractivity contribution in [1.29, 1.82) is 0 Å². The van der Waals surface area contributed by atoms with E-state index in [2.05, 4.69) is 4.98 Å². The van der Waals surface area contributed by atoms with Gasteiger partial charge in [-0.3, -0.25) is 4.98 Å². The second-order valence-corrected chi connectivity index (χ2v) is 4.72. The summed E-state index contributed by atoms with van der Waals surface area (Å²) < 4.78 is 13.5. The first-order valence-electron chi connectivity index (χ1n) is 5.37. The molecule has 1 aromatic carbocycles. The summed E-state index contributed by atoms with van der Waals surface area (Å²) in [4.78, 5) is 3.69. The summed E-state index contributed by atoms with van der Waals surface area (Å²) in [6.45, 7) is 0. The molecular weight excluding hydrogens is 274 g/mol. The predicted molar refractivity (Wildman–Crippen MR) is 71.3 cm³/mol. The van der Waals surface area contributed by atoms with Crippen molar-refractivity contribution in [3.05, 3.63) is 63.6 Å². The van der Waals surface area contributed by atoms with Crippen LogP contribution in [0.15, 0.2) is 36.7 Å². The van der Waals surface area contributed by atoms with Gasteiger partial charge < -0.3 is 5.73 Å². The van der Waals surface area contributed by atoms with Crippen LogP contribution in [-0.4, -0.2) is 4.98 Å². The predicted octanol–water partition coefficient (Wildman–Crippen LogP) is 3.77. The van der Waals surface area contributed by atoms with Crippen molar-refractivity contribution in [3.8, 4) is 0 Å². The topological polar surface area (TPSA) is 38.9 Å². The molecule has 0 fully saturated rings. The maximum atomic E-state index is 13.5. The number of nitrogens with zero attached hydrogens (tertiary/aromatic N) is 1. The third-order valence-electron chi connectivity index (χ3n) is 2.69. The lowest BCUT2D eigenvalue weighted by Crippen LogP contribution is -2.15. The minimum Gasteiger partial charge on any atom is -0.324 e. The molecule has 2 aromatic rings. The fourth-order valence-electron chi connectivity index (χ4n) is 1.74. The van der Waals surface area contributed by atoms with Crippen LogP contribution in [0.1, 0.15) is 17.2 Å². The molecule has 18 heavy (non-hydrogen) atoms. The Labute approximate surface area is 115 Å². The summed E-state index contributed by atoms with van der Waals surface area (Å²) in [6, 6.07) is 6.28. The molecule has 2 nitrogen and oxygen atoms in total. The van der Waals surface area contributed by atoms with E-state index in [1.54, 1.807) is 24.3 Å². The van der Waals surface area contributed by atoms with Crippen LogP contribution in [0, 0.1) is 5.82 Å². The molecule has 0 saturated carbocycles. The molecule has 0 aliphatic carbocycles. The highest BCUT2D eigenvalue weighted by Gasteiger charge is 2.15. The lowest BCUT2D eigenvalue weighted by molar-refractivity contribution is 0.574. The fourth-order valence-corrected chi connectivity index (χ4v) is 2.30. The molecule has 1 heterocycles. The Morgan fingerprint density at radius 1 is 1.22 bits per heavy atom. The third kappa shape index (κ3) is 2.80. The second kappa shape index (κ2) is 5.65. The van der Waals surface area contributed by atoms with Crippen LogP contribution < -0.4 is 5.73 Å². The standard InChI is InChI=1S/C13H11Cl2FN2/c14-10-2-1-3-11(15)9(10)6-13(17)8-4-5-18-7-12(8)16/h1-5,7,13H,6,17H2. The summed E-state index contributed by atoms with van der Waals surface area (Å²) in [5, 5.41) is 1.07. The quantitative estimate of drug-likeness (QED) is 0.932. The van der Waals surface area contributed by atoms with Gasteiger partial charge in [0.15, 0.2) is 0 Å². The molecule has 1 unspecified atom stereocenters. The maximum Gasteiger partial charge on any atom is 0.146 e. The Morgan fingerprint density at radius 3 is 2.50 bits per heavy atom. The first-order valence-corrected chi connectivity index (χ1v) is 6.13. The molecule has 1 aromatic heterocycles. The van der Waals surface area contributed by atoms with Crippen LogP contribution in [0.3, 0.4) is 0 Å². The van der Waals surface area contributed by atoms with Gasteiger partial charge in [-0.15, -0.1) is 0 Å². The van der Waals surface area contributed by atoms with Crippen LogP contribution in [0.25, 0.3) is 0 Å². The average molecular weight is 285 g/mol. The first-order chi connectivity index (χ1) is 8.59. The fraction of sp³-hybridized carbons (Fsp3) is 0.154. The zero-order chi connectivity index (χ0) is 13.1. The molecule has 0 aliphatic rings. The monoisotopic (exact) mass is 284 g/mol. The van der Waals surface area contributed by atoms with E-state index in [-0.39, 0.29) is 0 Å². The van der Waals surface area contributed by atoms with Crippen LogP contribution in [0.2, 0.25) is 10.0 Å². The molecule has 0 saturated heterocycles. The average Bonchev–Trinajstić information content (AvgIpc) is 2.34. The van der Waals surface area contributed by atoms with E-state index in [1.807, 2.05) is 0 Å². The molecule has 5 heteroatoms. The van der Waals surface area contributed by atoms with E-state index in [0.717, 1.165) is 11.8 Å². The minimum absolute atomic E-state index is 0.374. The van der Waals surface area contributed by atoms with Crippen molar-refractivity contribution in [2.75, 3.05) is 0 Å². The number of hydrogen-bond donors (Lipinski definition) is 1. The van der Waals surface area contributed by atoms with Crippen molar-refractivity contribution in [2.45, 2.75) is 12.5 Å². The molecular formula is C13H11Cl2FN2. The van der Waals surface area contributed by atoms with Gasteiger partial charge in [-0.1, -0.05) is 29.3 Å². The van der Waals surface area contributed by atoms with Crippen molar-refractivity contribution in [1.82, 2.24) is 4.98 Å². The van der Waals surface area contributed by atoms with E-state index in [1.165, 1.54) is 6.20 Å². The number of halogens is 3. The molecule has 94 valence electrons. The second-order valence-electron chi connectivity index (χ2n) is 3.91. The van der Waals surface area contributed by atoms with Gasteiger partial charge in [0.2, 0.25) is 0 Å². The van der Waals surface area contributed by atoms with Crippen LogP contribution in [0.4, 0.5) is 4.39 Å². The molecule has 0 bridgehead atoms. The Balaban J connectivity index is 2.27. The van der Waals surface area contributed by atoms with E-state index in [4.69, 9.17) is 28.9 Å². The highest BCUT2D eigenvalue weighted by atomic mass is 35.5. The highest BCUT2D eigenvalue weighted by molar-refractivity contribution is 6.36. The summed E-state index contributed by atoms with van der Waals surface area (Å²) in [5.74, 6) is -0.423. The van der Waals surface area contributed by atoms with Gasteiger partial charge in [-0.2, -0.15) is 0 Å². The van der Waals surface area contributed by atoms with Crippen molar-refractivity contribution >= 4 is 23.2 Å². The molecule has 0 aliphatic heterocycles. The lowest BCUT2D eigenvalue weighted by atomic mass is 10.00. The number of pyridine rings is 1. The Hall–Kier alpha value is -1.16. The minimum atomic E-state index is -0.509. The number of benzene rings is 1. The van der Waals surface area contributed by atoms with Gasteiger partial charge >= 0.3 is 0 Å². The van der Waals surface area contributed by atoms with E-state index in [9.17, 15) is 4.39 Å². The van der Waals surface area contributed by atoms with Crippen LogP contribution >= 0.6 is 23.2 Å². The normalized spacial score (nSPS) is 12.4. The van der Waals surface area contributed by atoms with Crippen molar-refractivity contribution in [3.63, 3.8) is 0 Å². The van der Waals surface area contributed by atoms with Gasteiger partial charge in [0.05, 0.1) is 6.20 Å².